The molecule has 0 aliphatic carbocycles. The molecule has 0 unspecified atom stereocenters. The molecule has 4 heteroatoms. The van der Waals surface area contributed by atoms with Crippen molar-refractivity contribution in [3.8, 4) is 0 Å². The minimum atomic E-state index is -1.38. The monoisotopic (exact) mass is 193 g/mol. The lowest BCUT2D eigenvalue weighted by atomic mass is 9.74. The van der Waals surface area contributed by atoms with Crippen molar-refractivity contribution in [1.29, 1.82) is 0 Å². The van der Waals surface area contributed by atoms with Gasteiger partial charge in [-0.15, -0.1) is 0 Å². The van der Waals surface area contributed by atoms with Gasteiger partial charge in [-0.2, -0.15) is 0 Å². The minimum Gasteiger partial charge on any atom is -0.423 e. The van der Waals surface area contributed by atoms with Crippen LogP contribution in [0.4, 0.5) is 0 Å². The van der Waals surface area contributed by atoms with Crippen LogP contribution in [0.5, 0.6) is 0 Å². The van der Waals surface area contributed by atoms with E-state index in [9.17, 15) is 0 Å². The van der Waals surface area contributed by atoms with Crippen LogP contribution < -0.4 is 10.8 Å². The Hall–Kier alpha value is -0.835. The summed E-state index contributed by atoms with van der Waals surface area (Å²) < 4.78 is 0. The molecule has 0 saturated carbocycles. The Morgan fingerprint density at radius 2 is 2.00 bits per heavy atom. The van der Waals surface area contributed by atoms with Gasteiger partial charge in [0, 0.05) is 6.54 Å². The zero-order chi connectivity index (χ0) is 10.6. The second-order valence-electron chi connectivity index (χ2n) is 3.46. The Labute approximate surface area is 84.9 Å². The van der Waals surface area contributed by atoms with E-state index < -0.39 is 7.12 Å². The lowest BCUT2D eigenvalue weighted by molar-refractivity contribution is 0.425. The topological polar surface area (TPSA) is 52.5 Å². The van der Waals surface area contributed by atoms with Crippen LogP contribution in [-0.4, -0.2) is 30.8 Å². The molecule has 0 fully saturated rings. The Bertz CT molecular complexity index is 291. The highest BCUT2D eigenvalue weighted by Gasteiger charge is 2.18. The summed E-state index contributed by atoms with van der Waals surface area (Å²) in [6.07, 6.45) is 0. The van der Waals surface area contributed by atoms with Crippen LogP contribution in [0.15, 0.2) is 24.3 Å². The van der Waals surface area contributed by atoms with Crippen LogP contribution in [0, 0.1) is 0 Å². The average Bonchev–Trinajstić information content (AvgIpc) is 2.18. The molecule has 3 N–H and O–H groups in total. The van der Waals surface area contributed by atoms with Crippen molar-refractivity contribution in [3.63, 3.8) is 0 Å². The molecule has 0 radical (unpaired) electrons. The first-order chi connectivity index (χ1) is 6.66. The highest BCUT2D eigenvalue weighted by Crippen LogP contribution is 2.11. The van der Waals surface area contributed by atoms with Crippen LogP contribution in [0.2, 0.25) is 0 Å². The van der Waals surface area contributed by atoms with Gasteiger partial charge in [0.05, 0.1) is 0 Å². The van der Waals surface area contributed by atoms with Gasteiger partial charge >= 0.3 is 7.12 Å². The smallest absolute Gasteiger partial charge is 0.423 e. The van der Waals surface area contributed by atoms with E-state index in [2.05, 4.69) is 12.2 Å². The summed E-state index contributed by atoms with van der Waals surface area (Å²) in [6.45, 7) is 2.88. The predicted molar refractivity (Wildman–Crippen MR) is 58.6 cm³/mol. The molecule has 3 nitrogen and oxygen atoms in total. The fourth-order valence-corrected chi connectivity index (χ4v) is 1.61. The number of rotatable bonds is 4. The van der Waals surface area contributed by atoms with Crippen LogP contribution in [-0.2, 0) is 0 Å². The molecular formula is C10H16BNO2. The fraction of sp³-hybridized carbons (Fsp3) is 0.400. The van der Waals surface area contributed by atoms with Crippen molar-refractivity contribution >= 4 is 12.6 Å². The average molecular weight is 193 g/mol. The van der Waals surface area contributed by atoms with E-state index >= 15 is 0 Å². The molecule has 1 aromatic carbocycles. The molecule has 76 valence electrons. The Kier molecular flexibility index (Phi) is 4.13. The number of benzene rings is 1. The van der Waals surface area contributed by atoms with E-state index in [0.717, 1.165) is 12.1 Å². The van der Waals surface area contributed by atoms with Gasteiger partial charge < -0.3 is 15.4 Å². The molecule has 0 aliphatic rings. The molecule has 1 rings (SSSR count). The van der Waals surface area contributed by atoms with Gasteiger partial charge in [0.15, 0.2) is 0 Å². The second-order valence-corrected chi connectivity index (χ2v) is 3.46. The molecule has 0 amide bonds. The summed E-state index contributed by atoms with van der Waals surface area (Å²) >= 11 is 0. The van der Waals surface area contributed by atoms with E-state index in [-0.39, 0.29) is 5.92 Å². The number of hydrogen-bond acceptors (Lipinski definition) is 3. The highest BCUT2D eigenvalue weighted by molar-refractivity contribution is 6.59. The molecule has 0 aliphatic heterocycles. The Balaban J connectivity index is 2.94. The Morgan fingerprint density at radius 1 is 1.36 bits per heavy atom. The fourth-order valence-electron chi connectivity index (χ4n) is 1.61. The predicted octanol–water partition coefficient (Wildman–Crippen LogP) is -0.311. The summed E-state index contributed by atoms with van der Waals surface area (Å²) in [5.74, 6) is 0.276. The molecule has 0 saturated heterocycles. The summed E-state index contributed by atoms with van der Waals surface area (Å²) in [6, 6.07) is 7.39. The maximum atomic E-state index is 9.16. The molecule has 1 aromatic rings. The maximum absolute atomic E-state index is 9.16. The van der Waals surface area contributed by atoms with Gasteiger partial charge in [-0.3, -0.25) is 0 Å². The van der Waals surface area contributed by atoms with Gasteiger partial charge in [0.2, 0.25) is 0 Å². The molecule has 0 spiro atoms. The van der Waals surface area contributed by atoms with E-state index in [1.54, 1.807) is 6.07 Å². The van der Waals surface area contributed by atoms with Crippen molar-refractivity contribution in [2.45, 2.75) is 12.8 Å². The first-order valence-corrected chi connectivity index (χ1v) is 4.76. The largest absolute Gasteiger partial charge is 0.488 e. The summed E-state index contributed by atoms with van der Waals surface area (Å²) in [5, 5.41) is 21.4. The van der Waals surface area contributed by atoms with Crippen LogP contribution in [0.1, 0.15) is 18.4 Å². The van der Waals surface area contributed by atoms with Gasteiger partial charge in [-0.1, -0.05) is 31.2 Å². The normalized spacial score (nSPS) is 12.6. The van der Waals surface area contributed by atoms with Crippen molar-refractivity contribution in [3.05, 3.63) is 29.8 Å². The third kappa shape index (κ3) is 2.58. The molecular weight excluding hydrogens is 177 g/mol. The zero-order valence-electron chi connectivity index (χ0n) is 8.57. The van der Waals surface area contributed by atoms with Crippen LogP contribution >= 0.6 is 0 Å². The lowest BCUT2D eigenvalue weighted by Crippen LogP contribution is -2.34. The third-order valence-electron chi connectivity index (χ3n) is 2.32. The molecule has 0 bridgehead atoms. The SMILES string of the molecule is CNC[C@@H](C)c1ccccc1B(O)O. The van der Waals surface area contributed by atoms with E-state index in [4.69, 9.17) is 10.0 Å². The first-order valence-electron chi connectivity index (χ1n) is 4.76. The minimum absolute atomic E-state index is 0.276. The summed E-state index contributed by atoms with van der Waals surface area (Å²) in [4.78, 5) is 0. The Morgan fingerprint density at radius 3 is 2.57 bits per heavy atom. The summed E-state index contributed by atoms with van der Waals surface area (Å²) in [5.41, 5.74) is 1.58. The number of hydrogen-bond donors (Lipinski definition) is 3. The number of nitrogens with one attached hydrogen (secondary N) is 1. The van der Waals surface area contributed by atoms with Crippen molar-refractivity contribution < 1.29 is 10.0 Å². The third-order valence-corrected chi connectivity index (χ3v) is 2.32. The molecule has 14 heavy (non-hydrogen) atoms. The second kappa shape index (κ2) is 5.15. The quantitative estimate of drug-likeness (QED) is 0.575. The molecule has 0 aromatic heterocycles. The lowest BCUT2D eigenvalue weighted by Gasteiger charge is -2.15. The van der Waals surface area contributed by atoms with Gasteiger partial charge in [0.1, 0.15) is 0 Å². The van der Waals surface area contributed by atoms with Crippen molar-refractivity contribution in [2.24, 2.45) is 0 Å². The van der Waals surface area contributed by atoms with Crippen molar-refractivity contribution in [1.82, 2.24) is 5.32 Å². The standard InChI is InChI=1S/C10H16BNO2/c1-8(7-12-2)9-5-3-4-6-10(9)11(13)14/h3-6,8,12-14H,7H2,1-2H3/t8-/m1/s1. The number of likely N-dealkylation sites (N-methyl/N-ethyl adjacent to an activating group) is 1. The van der Waals surface area contributed by atoms with Crippen molar-refractivity contribution in [2.75, 3.05) is 13.6 Å². The van der Waals surface area contributed by atoms with E-state index in [0.29, 0.717) is 5.46 Å². The molecule has 0 heterocycles. The zero-order valence-corrected chi connectivity index (χ0v) is 8.57. The van der Waals surface area contributed by atoms with Crippen LogP contribution in [0.3, 0.4) is 0 Å². The molecule has 1 atom stereocenters. The van der Waals surface area contributed by atoms with E-state index in [1.807, 2.05) is 25.2 Å². The highest BCUT2D eigenvalue weighted by atomic mass is 16.4. The maximum Gasteiger partial charge on any atom is 0.488 e. The summed E-state index contributed by atoms with van der Waals surface area (Å²) in [7, 11) is 0.500. The van der Waals surface area contributed by atoms with Gasteiger partial charge in [0.25, 0.3) is 0 Å². The first kappa shape index (κ1) is 11.2. The van der Waals surface area contributed by atoms with Crippen LogP contribution in [0.25, 0.3) is 0 Å². The van der Waals surface area contributed by atoms with E-state index in [1.165, 1.54) is 0 Å². The van der Waals surface area contributed by atoms with Gasteiger partial charge in [-0.25, -0.2) is 0 Å². The van der Waals surface area contributed by atoms with Gasteiger partial charge in [-0.05, 0) is 24.0 Å².